The summed E-state index contributed by atoms with van der Waals surface area (Å²) in [5.74, 6) is -4.05. The molecule has 0 saturated carbocycles. The van der Waals surface area contributed by atoms with E-state index in [-0.39, 0.29) is 90.9 Å². The molecule has 0 atom stereocenters. The first-order valence-corrected chi connectivity index (χ1v) is 23.3. The van der Waals surface area contributed by atoms with Gasteiger partial charge in [0, 0.05) is 10.9 Å². The number of esters is 5. The normalized spacial score (nSPS) is 15.0. The molecule has 0 N–H and O–H groups in total. The number of cyclic esters (lactones) is 2. The van der Waals surface area contributed by atoms with E-state index in [1.54, 1.807) is 54.6 Å². The minimum absolute atomic E-state index is 0.0112. The molecule has 0 fully saturated rings. The Hall–Kier alpha value is -9.89. The van der Waals surface area contributed by atoms with Crippen molar-refractivity contribution in [3.8, 4) is 23.0 Å². The molecule has 0 unspecified atom stereocenters. The number of methoxy groups -OCH3 is 4. The first-order chi connectivity index (χ1) is 36.6. The summed E-state index contributed by atoms with van der Waals surface area (Å²) in [5, 5.41) is 0.424. The fourth-order valence-electron chi connectivity index (χ4n) is 8.90. The largest absolute Gasteiger partial charge is 0.492 e. The zero-order chi connectivity index (χ0) is 52.2. The molecule has 10 rings (SSSR count). The summed E-state index contributed by atoms with van der Waals surface area (Å²) in [7, 11) is 4.98. The topological polar surface area (TPSA) is 178 Å². The van der Waals surface area contributed by atoms with Crippen molar-refractivity contribution in [2.24, 2.45) is 0 Å². The lowest BCUT2D eigenvalue weighted by Gasteiger charge is -2.15. The molecule has 374 valence electrons. The highest BCUT2D eigenvalue weighted by Crippen LogP contribution is 2.51. The second kappa shape index (κ2) is 21.1. The van der Waals surface area contributed by atoms with Crippen molar-refractivity contribution in [2.75, 3.05) is 28.4 Å². The predicted octanol–water partition coefficient (Wildman–Crippen LogP) is 10.1. The van der Waals surface area contributed by atoms with Crippen LogP contribution in [0, 0.1) is 0 Å². The monoisotopic (exact) mass is 1000 g/mol. The molecule has 0 saturated heterocycles. The lowest BCUT2D eigenvalue weighted by atomic mass is 9.90. The summed E-state index contributed by atoms with van der Waals surface area (Å²) < 4.78 is 58.3. The molecule has 7 aromatic rings. The van der Waals surface area contributed by atoms with Crippen LogP contribution in [-0.4, -0.2) is 58.3 Å². The van der Waals surface area contributed by atoms with Gasteiger partial charge in [0.15, 0.2) is 34.5 Å². The van der Waals surface area contributed by atoms with E-state index >= 15 is 0 Å². The third-order valence-corrected chi connectivity index (χ3v) is 12.5. The quantitative estimate of drug-likeness (QED) is 0.0364. The van der Waals surface area contributed by atoms with E-state index in [1.807, 2.05) is 91.0 Å². The molecule has 15 nitrogen and oxygen atoms in total. The maximum absolute atomic E-state index is 14.6. The first kappa shape index (κ1) is 48.7. The van der Waals surface area contributed by atoms with Crippen molar-refractivity contribution in [3.63, 3.8) is 0 Å². The lowest BCUT2D eigenvalue weighted by molar-refractivity contribution is -0.135. The van der Waals surface area contributed by atoms with Crippen molar-refractivity contribution in [1.82, 2.24) is 0 Å². The van der Waals surface area contributed by atoms with Gasteiger partial charge in [-0.1, -0.05) is 115 Å². The molecule has 75 heavy (non-hydrogen) atoms. The van der Waals surface area contributed by atoms with E-state index in [2.05, 4.69) is 0 Å². The number of benzene rings is 7. The molecule has 3 aliphatic rings. The Labute approximate surface area is 429 Å². The molecular weight excluding hydrogens is 961 g/mol. The van der Waals surface area contributed by atoms with Gasteiger partial charge in [0.1, 0.15) is 53.6 Å². The molecule has 0 bridgehead atoms. The fourth-order valence-corrected chi connectivity index (χ4v) is 8.90. The Bertz CT molecular complexity index is 3560. The summed E-state index contributed by atoms with van der Waals surface area (Å²) >= 11 is 0. The van der Waals surface area contributed by atoms with E-state index in [0.717, 1.165) is 16.7 Å². The molecule has 7 aromatic carbocycles. The van der Waals surface area contributed by atoms with Crippen molar-refractivity contribution in [3.05, 3.63) is 225 Å². The summed E-state index contributed by atoms with van der Waals surface area (Å²) in [5.41, 5.74) is 2.86. The van der Waals surface area contributed by atoms with Crippen LogP contribution in [0.5, 0.6) is 23.0 Å². The summed E-state index contributed by atoms with van der Waals surface area (Å²) in [4.78, 5) is 70.3. The van der Waals surface area contributed by atoms with Crippen LogP contribution in [0.15, 0.2) is 181 Å². The minimum atomic E-state index is -0.936. The second-order valence-electron chi connectivity index (χ2n) is 16.9. The van der Waals surface area contributed by atoms with Gasteiger partial charge in [-0.25, -0.2) is 24.0 Å². The lowest BCUT2D eigenvalue weighted by Crippen LogP contribution is -2.09. The van der Waals surface area contributed by atoms with E-state index in [0.29, 0.717) is 35.8 Å². The maximum atomic E-state index is 14.6. The van der Waals surface area contributed by atoms with E-state index in [4.69, 9.17) is 47.4 Å². The number of hydrogen-bond donors (Lipinski definition) is 0. The van der Waals surface area contributed by atoms with Gasteiger partial charge in [-0.15, -0.1) is 0 Å². The smallest absolute Gasteiger partial charge is 0.348 e. The molecular formula is C60H44O15. The van der Waals surface area contributed by atoms with E-state index in [9.17, 15) is 24.0 Å². The molecule has 15 heteroatoms. The summed E-state index contributed by atoms with van der Waals surface area (Å²) in [6, 6.07) is 46.0. The van der Waals surface area contributed by atoms with Gasteiger partial charge in [0.25, 0.3) is 0 Å². The van der Waals surface area contributed by atoms with Crippen LogP contribution in [0.2, 0.25) is 0 Å². The van der Waals surface area contributed by atoms with Gasteiger partial charge in [-0.3, -0.25) is 0 Å². The van der Waals surface area contributed by atoms with Gasteiger partial charge in [0.05, 0.1) is 34.0 Å². The molecule has 0 amide bonds. The number of ether oxygens (including phenoxy) is 10. The highest BCUT2D eigenvalue weighted by molar-refractivity contribution is 6.30. The Morgan fingerprint density at radius 3 is 1.35 bits per heavy atom. The number of carbonyl (C=O) groups excluding carboxylic acids is 5. The van der Waals surface area contributed by atoms with Crippen molar-refractivity contribution in [1.29, 1.82) is 0 Å². The SMILES string of the molecule is COC(=O)/C(=C1/OC(=O)C(c2cc3c4c(c(OCc5ccccc5)cc(C5=C(OC)/C(=C(\C(=O)OC)c6ccc(OCc7ccccc7)cc6)OC5=O)c4c2)OC3=O)=C1OC)c1ccc(OCc2ccccc2)cc1. The van der Waals surface area contributed by atoms with Gasteiger partial charge in [-0.05, 0) is 81.2 Å². The molecule has 0 spiro atoms. The van der Waals surface area contributed by atoms with Gasteiger partial charge in [0.2, 0.25) is 0 Å². The van der Waals surface area contributed by atoms with Gasteiger partial charge in [-0.2, -0.15) is 0 Å². The predicted molar refractivity (Wildman–Crippen MR) is 272 cm³/mol. The molecule has 3 aliphatic heterocycles. The van der Waals surface area contributed by atoms with Crippen LogP contribution >= 0.6 is 0 Å². The summed E-state index contributed by atoms with van der Waals surface area (Å²) in [6.45, 7) is 0.628. The fraction of sp³-hybridized carbons (Fsp3) is 0.117. The Morgan fingerprint density at radius 1 is 0.453 bits per heavy atom. The second-order valence-corrected chi connectivity index (χ2v) is 16.9. The Balaban J connectivity index is 1.12. The third kappa shape index (κ3) is 9.53. The first-order valence-electron chi connectivity index (χ1n) is 23.3. The number of carbonyl (C=O) groups is 5. The van der Waals surface area contributed by atoms with Crippen LogP contribution in [0.25, 0.3) is 33.1 Å². The van der Waals surface area contributed by atoms with Crippen molar-refractivity contribution in [2.45, 2.75) is 19.8 Å². The zero-order valence-corrected chi connectivity index (χ0v) is 40.8. The highest BCUT2D eigenvalue weighted by atomic mass is 16.6. The van der Waals surface area contributed by atoms with Crippen LogP contribution in [0.4, 0.5) is 0 Å². The van der Waals surface area contributed by atoms with Crippen LogP contribution in [-0.2, 0) is 67.4 Å². The van der Waals surface area contributed by atoms with Crippen LogP contribution < -0.4 is 18.9 Å². The molecule has 0 aliphatic carbocycles. The number of rotatable bonds is 17. The van der Waals surface area contributed by atoms with Gasteiger partial charge < -0.3 is 47.4 Å². The van der Waals surface area contributed by atoms with Gasteiger partial charge >= 0.3 is 29.8 Å². The van der Waals surface area contributed by atoms with E-state index in [1.165, 1.54) is 40.6 Å². The average molecular weight is 1000 g/mol. The Kier molecular flexibility index (Phi) is 13.7. The number of hydrogen-bond acceptors (Lipinski definition) is 15. The van der Waals surface area contributed by atoms with Crippen LogP contribution in [0.3, 0.4) is 0 Å². The van der Waals surface area contributed by atoms with Crippen molar-refractivity contribution < 1.29 is 71.3 Å². The Morgan fingerprint density at radius 2 is 0.893 bits per heavy atom. The zero-order valence-electron chi connectivity index (χ0n) is 40.8. The highest BCUT2D eigenvalue weighted by Gasteiger charge is 2.42. The maximum Gasteiger partial charge on any atom is 0.348 e. The average Bonchev–Trinajstić information content (AvgIpc) is 4.13. The van der Waals surface area contributed by atoms with E-state index < -0.39 is 29.8 Å². The standard InChI is InChI=1S/C60H44O15/c1-66-52-48(59(64)74-54(52)46(57(62)68-3)37-20-24-40(25-21-37)70-31-34-14-8-5-9-15-34)39-28-42-43(30-45(72-33-36-18-12-7-13-19-36)51-49(42)44(29-39)56(61)73-51)50-53(67-2)55(75-60(50)65)47(58(63)69-4)38-22-26-41(27-23-38)71-32-35-16-10-6-11-17-35/h5-30H,31-33H2,1-4H3/b54-46+,55-47+. The molecule has 3 heterocycles. The molecule has 0 aromatic heterocycles. The molecule has 0 radical (unpaired) electrons. The minimum Gasteiger partial charge on any atom is -0.492 e. The van der Waals surface area contributed by atoms with Crippen LogP contribution in [0.1, 0.15) is 49.3 Å². The summed E-state index contributed by atoms with van der Waals surface area (Å²) in [6.07, 6.45) is 0. The van der Waals surface area contributed by atoms with Crippen molar-refractivity contribution >= 4 is 62.9 Å². The third-order valence-electron chi connectivity index (χ3n) is 12.5.